The lowest BCUT2D eigenvalue weighted by atomic mass is 10.2. The second-order valence-electron chi connectivity index (χ2n) is 5.74. The van der Waals surface area contributed by atoms with Gasteiger partial charge in [0.05, 0.1) is 4.90 Å². The summed E-state index contributed by atoms with van der Waals surface area (Å²) in [6.45, 7) is 2.03. The highest BCUT2D eigenvalue weighted by molar-refractivity contribution is 7.92. The predicted molar refractivity (Wildman–Crippen MR) is 103 cm³/mol. The fourth-order valence-electron chi connectivity index (χ4n) is 2.29. The first kappa shape index (κ1) is 16.9. The maximum Gasteiger partial charge on any atom is 0.261 e. The van der Waals surface area contributed by atoms with Crippen LogP contribution in [-0.2, 0) is 10.0 Å². The first-order valence-electron chi connectivity index (χ1n) is 7.74. The van der Waals surface area contributed by atoms with Crippen molar-refractivity contribution in [2.75, 3.05) is 15.8 Å². The van der Waals surface area contributed by atoms with E-state index in [-0.39, 0.29) is 4.90 Å². The molecule has 0 bridgehead atoms. The number of nitrogens with two attached hydrogens (primary N) is 1. The lowest BCUT2D eigenvalue weighted by molar-refractivity contribution is 0.601. The molecule has 0 heterocycles. The second kappa shape index (κ2) is 6.86. The molecule has 128 valence electrons. The Balaban J connectivity index is 1.74. The highest BCUT2D eigenvalue weighted by Gasteiger charge is 2.14. The fraction of sp³-hybridized carbons (Fsp3) is 0.0526. The Hall–Kier alpha value is -2.99. The van der Waals surface area contributed by atoms with Crippen LogP contribution in [0.5, 0.6) is 0 Å². The van der Waals surface area contributed by atoms with E-state index >= 15 is 0 Å². The lowest BCUT2D eigenvalue weighted by Crippen LogP contribution is -2.12. The Bertz CT molecular complexity index is 949. The molecule has 25 heavy (non-hydrogen) atoms. The summed E-state index contributed by atoms with van der Waals surface area (Å²) in [5, 5.41) is 3.24. The molecule has 0 aromatic heterocycles. The summed E-state index contributed by atoms with van der Waals surface area (Å²) in [7, 11) is -3.64. The molecule has 3 aromatic rings. The van der Waals surface area contributed by atoms with Crippen molar-refractivity contribution in [3.05, 3.63) is 78.4 Å². The first-order chi connectivity index (χ1) is 11.9. The minimum absolute atomic E-state index is 0.193. The van der Waals surface area contributed by atoms with Gasteiger partial charge in [0.2, 0.25) is 0 Å². The zero-order chi connectivity index (χ0) is 17.9. The molecule has 0 atom stereocenters. The maximum absolute atomic E-state index is 12.4. The van der Waals surface area contributed by atoms with E-state index in [1.807, 2.05) is 31.2 Å². The number of hydrogen-bond acceptors (Lipinski definition) is 4. The van der Waals surface area contributed by atoms with Crippen LogP contribution in [0.1, 0.15) is 5.56 Å². The Kier molecular flexibility index (Phi) is 4.63. The lowest BCUT2D eigenvalue weighted by Gasteiger charge is -2.10. The van der Waals surface area contributed by atoms with E-state index in [2.05, 4.69) is 10.0 Å². The summed E-state index contributed by atoms with van der Waals surface area (Å²) in [6, 6.07) is 21.1. The van der Waals surface area contributed by atoms with Crippen molar-refractivity contribution in [1.82, 2.24) is 0 Å². The Morgan fingerprint density at radius 1 is 0.720 bits per heavy atom. The minimum Gasteiger partial charge on any atom is -0.399 e. The van der Waals surface area contributed by atoms with Crippen molar-refractivity contribution in [2.24, 2.45) is 0 Å². The number of aryl methyl sites for hydroxylation is 1. The van der Waals surface area contributed by atoms with Gasteiger partial charge in [-0.15, -0.1) is 0 Å². The van der Waals surface area contributed by atoms with Gasteiger partial charge in [-0.3, -0.25) is 4.72 Å². The van der Waals surface area contributed by atoms with Crippen molar-refractivity contribution in [2.45, 2.75) is 11.8 Å². The van der Waals surface area contributed by atoms with Gasteiger partial charge in [0.25, 0.3) is 10.0 Å². The van der Waals surface area contributed by atoms with Crippen molar-refractivity contribution < 1.29 is 8.42 Å². The highest BCUT2D eigenvalue weighted by atomic mass is 32.2. The third-order valence-electron chi connectivity index (χ3n) is 3.67. The summed E-state index contributed by atoms with van der Waals surface area (Å²) in [4.78, 5) is 0.193. The molecule has 4 N–H and O–H groups in total. The molecule has 0 saturated carbocycles. The summed E-state index contributed by atoms with van der Waals surface area (Å²) >= 11 is 0. The van der Waals surface area contributed by atoms with Crippen LogP contribution in [0, 0.1) is 6.92 Å². The molecule has 0 unspecified atom stereocenters. The summed E-state index contributed by atoms with van der Waals surface area (Å²) in [5.41, 5.74) is 9.59. The van der Waals surface area contributed by atoms with Crippen LogP contribution in [-0.4, -0.2) is 8.42 Å². The monoisotopic (exact) mass is 353 g/mol. The van der Waals surface area contributed by atoms with Crippen molar-refractivity contribution in [3.8, 4) is 0 Å². The van der Waals surface area contributed by atoms with Crippen LogP contribution < -0.4 is 15.8 Å². The smallest absolute Gasteiger partial charge is 0.261 e. The van der Waals surface area contributed by atoms with E-state index < -0.39 is 10.0 Å². The second-order valence-corrected chi connectivity index (χ2v) is 7.43. The predicted octanol–water partition coefficient (Wildman–Crippen LogP) is 4.12. The van der Waals surface area contributed by atoms with Crippen molar-refractivity contribution in [1.29, 1.82) is 0 Å². The van der Waals surface area contributed by atoms with Gasteiger partial charge >= 0.3 is 0 Å². The third kappa shape index (κ3) is 4.30. The fourth-order valence-corrected chi connectivity index (χ4v) is 3.34. The molecular formula is C19H19N3O2S. The van der Waals surface area contributed by atoms with E-state index in [1.165, 1.54) is 5.56 Å². The van der Waals surface area contributed by atoms with Crippen LogP contribution in [0.2, 0.25) is 0 Å². The molecule has 0 radical (unpaired) electrons. The van der Waals surface area contributed by atoms with E-state index in [1.54, 1.807) is 48.5 Å². The SMILES string of the molecule is Cc1ccc(Nc2ccc(S(=O)(=O)Nc3ccc(N)cc3)cc2)cc1. The number of sulfonamides is 1. The van der Waals surface area contributed by atoms with Crippen LogP contribution in [0.3, 0.4) is 0 Å². The number of anilines is 4. The largest absolute Gasteiger partial charge is 0.399 e. The summed E-state index contributed by atoms with van der Waals surface area (Å²) < 4.78 is 27.4. The molecule has 3 rings (SSSR count). The van der Waals surface area contributed by atoms with Gasteiger partial charge in [-0.25, -0.2) is 8.42 Å². The van der Waals surface area contributed by atoms with Gasteiger partial charge in [-0.05, 0) is 67.6 Å². The van der Waals surface area contributed by atoms with Gasteiger partial charge in [0.15, 0.2) is 0 Å². The molecule has 0 aliphatic rings. The highest BCUT2D eigenvalue weighted by Crippen LogP contribution is 2.21. The summed E-state index contributed by atoms with van der Waals surface area (Å²) in [5.74, 6) is 0. The number of nitrogen functional groups attached to an aromatic ring is 1. The topological polar surface area (TPSA) is 84.2 Å². The molecular weight excluding hydrogens is 334 g/mol. The Labute approximate surface area is 147 Å². The van der Waals surface area contributed by atoms with E-state index in [0.29, 0.717) is 11.4 Å². The maximum atomic E-state index is 12.4. The quantitative estimate of drug-likeness (QED) is 0.602. The standard InChI is InChI=1S/C19H19N3O2S/c1-14-2-6-16(7-3-14)21-17-10-12-19(13-11-17)25(23,24)22-18-8-4-15(20)5-9-18/h2-13,21-22H,20H2,1H3. The molecule has 6 heteroatoms. The van der Waals surface area contributed by atoms with E-state index in [4.69, 9.17) is 5.73 Å². The van der Waals surface area contributed by atoms with Gasteiger partial charge in [0, 0.05) is 22.7 Å². The average molecular weight is 353 g/mol. The minimum atomic E-state index is -3.64. The third-order valence-corrected chi connectivity index (χ3v) is 5.06. The molecule has 0 spiro atoms. The number of nitrogens with one attached hydrogen (secondary N) is 2. The summed E-state index contributed by atoms with van der Waals surface area (Å²) in [6.07, 6.45) is 0. The van der Waals surface area contributed by atoms with Crippen LogP contribution in [0.25, 0.3) is 0 Å². The van der Waals surface area contributed by atoms with Crippen LogP contribution in [0.15, 0.2) is 77.7 Å². The van der Waals surface area contributed by atoms with E-state index in [9.17, 15) is 8.42 Å². The molecule has 5 nitrogen and oxygen atoms in total. The molecule has 3 aromatic carbocycles. The normalized spacial score (nSPS) is 11.1. The Morgan fingerprint density at radius 3 is 1.76 bits per heavy atom. The van der Waals surface area contributed by atoms with Crippen molar-refractivity contribution in [3.63, 3.8) is 0 Å². The number of rotatable bonds is 5. The zero-order valence-electron chi connectivity index (χ0n) is 13.7. The van der Waals surface area contributed by atoms with Crippen LogP contribution >= 0.6 is 0 Å². The number of benzene rings is 3. The molecule has 0 aliphatic heterocycles. The van der Waals surface area contributed by atoms with Gasteiger partial charge in [0.1, 0.15) is 0 Å². The molecule has 0 aliphatic carbocycles. The van der Waals surface area contributed by atoms with E-state index in [0.717, 1.165) is 11.4 Å². The van der Waals surface area contributed by atoms with Gasteiger partial charge < -0.3 is 11.1 Å². The van der Waals surface area contributed by atoms with Crippen LogP contribution in [0.4, 0.5) is 22.7 Å². The molecule has 0 fully saturated rings. The Morgan fingerprint density at radius 2 is 1.20 bits per heavy atom. The molecule has 0 saturated heterocycles. The van der Waals surface area contributed by atoms with Crippen molar-refractivity contribution >= 4 is 32.8 Å². The average Bonchev–Trinajstić information content (AvgIpc) is 2.59. The van der Waals surface area contributed by atoms with Gasteiger partial charge in [-0.2, -0.15) is 0 Å². The first-order valence-corrected chi connectivity index (χ1v) is 9.23. The number of hydrogen-bond donors (Lipinski definition) is 3. The van der Waals surface area contributed by atoms with Gasteiger partial charge in [-0.1, -0.05) is 17.7 Å². The zero-order valence-corrected chi connectivity index (χ0v) is 14.5. The molecule has 0 amide bonds.